The van der Waals surface area contributed by atoms with Crippen molar-refractivity contribution in [1.82, 2.24) is 4.98 Å². The van der Waals surface area contributed by atoms with Crippen LogP contribution in [0.3, 0.4) is 0 Å². The van der Waals surface area contributed by atoms with E-state index in [1.54, 1.807) is 26.0 Å². The van der Waals surface area contributed by atoms with E-state index in [1.807, 2.05) is 0 Å². The van der Waals surface area contributed by atoms with Gasteiger partial charge in [-0.25, -0.2) is 14.0 Å². The molecule has 0 unspecified atom stereocenters. The summed E-state index contributed by atoms with van der Waals surface area (Å²) in [6.07, 6.45) is 1.40. The number of pyridine rings is 1. The van der Waals surface area contributed by atoms with Gasteiger partial charge < -0.3 is 0 Å². The quantitative estimate of drug-likeness (QED) is 0.776. The van der Waals surface area contributed by atoms with Gasteiger partial charge in [-0.15, -0.1) is 0 Å². The lowest BCUT2D eigenvalue weighted by Gasteiger charge is -2.10. The van der Waals surface area contributed by atoms with Crippen LogP contribution in [0.5, 0.6) is 0 Å². The molecule has 3 nitrogen and oxygen atoms in total. The fraction of sp³-hybridized carbons (Fsp3) is 0.375. The molecule has 1 rings (SSSR count). The summed E-state index contributed by atoms with van der Waals surface area (Å²) in [5.74, 6) is 0. The molecule has 0 bridgehead atoms. The highest BCUT2D eigenvalue weighted by molar-refractivity contribution is 7.93. The van der Waals surface area contributed by atoms with Crippen LogP contribution in [0.1, 0.15) is 13.8 Å². The van der Waals surface area contributed by atoms with Crippen molar-refractivity contribution in [2.75, 3.05) is 0 Å². The lowest BCUT2D eigenvalue weighted by atomic mass is 10.5. The molecule has 0 aliphatic rings. The molecule has 0 fully saturated rings. The monoisotopic (exact) mass is 218 g/mol. The topological polar surface area (TPSA) is 53.8 Å². The van der Waals surface area contributed by atoms with E-state index >= 15 is 0 Å². The number of hydrogen-bond donors (Lipinski definition) is 1. The molecule has 0 aliphatic carbocycles. The van der Waals surface area contributed by atoms with E-state index in [1.165, 1.54) is 6.20 Å². The van der Waals surface area contributed by atoms with Gasteiger partial charge in [0.05, 0.1) is 14.6 Å². The number of nitrogens with zero attached hydrogens (tertiary/aromatic N) is 1. The summed E-state index contributed by atoms with van der Waals surface area (Å²) in [5.41, 5.74) is 0. The van der Waals surface area contributed by atoms with Crippen molar-refractivity contribution >= 4 is 21.3 Å². The molecular weight excluding hydrogens is 208 g/mol. The second kappa shape index (κ2) is 3.64. The zero-order valence-corrected chi connectivity index (χ0v) is 9.02. The predicted octanol–water partition coefficient (Wildman–Crippen LogP) is 2.55. The first-order chi connectivity index (χ1) is 5.94. The van der Waals surface area contributed by atoms with Gasteiger partial charge in [0.1, 0.15) is 5.15 Å². The molecule has 72 valence electrons. The Hall–Kier alpha value is -0.610. The van der Waals surface area contributed by atoms with Gasteiger partial charge in [0, 0.05) is 11.4 Å². The van der Waals surface area contributed by atoms with Gasteiger partial charge in [-0.2, -0.15) is 0 Å². The standard InChI is InChI=1S/C8H11ClN2OS/c1-6(2)13(10,12)7-3-4-8(9)11-5-7/h3-6,10H,1-2H3/t13-/m1/s1. The molecule has 1 atom stereocenters. The summed E-state index contributed by atoms with van der Waals surface area (Å²) in [5, 5.41) is 0.137. The second-order valence-corrected chi connectivity index (χ2v) is 5.97. The molecule has 1 aromatic heterocycles. The van der Waals surface area contributed by atoms with Crippen LogP contribution in [0, 0.1) is 4.78 Å². The van der Waals surface area contributed by atoms with Gasteiger partial charge >= 0.3 is 0 Å². The van der Waals surface area contributed by atoms with Crippen molar-refractivity contribution in [3.05, 3.63) is 23.5 Å². The summed E-state index contributed by atoms with van der Waals surface area (Å²) in [4.78, 5) is 4.23. The van der Waals surface area contributed by atoms with E-state index in [0.717, 1.165) is 0 Å². The van der Waals surface area contributed by atoms with E-state index in [0.29, 0.717) is 10.0 Å². The van der Waals surface area contributed by atoms with Crippen LogP contribution in [0.2, 0.25) is 5.15 Å². The van der Waals surface area contributed by atoms with E-state index in [4.69, 9.17) is 16.4 Å². The van der Waals surface area contributed by atoms with E-state index < -0.39 is 9.73 Å². The van der Waals surface area contributed by atoms with Crippen LogP contribution in [0.15, 0.2) is 23.2 Å². The molecular formula is C8H11ClN2OS. The molecule has 0 spiro atoms. The third-order valence-electron chi connectivity index (χ3n) is 1.71. The smallest absolute Gasteiger partial charge is 0.129 e. The van der Waals surface area contributed by atoms with Crippen LogP contribution < -0.4 is 0 Å². The number of rotatable bonds is 2. The molecule has 1 N–H and O–H groups in total. The molecule has 0 saturated heterocycles. The normalized spacial score (nSPS) is 15.7. The van der Waals surface area contributed by atoms with Crippen LogP contribution in [-0.4, -0.2) is 14.4 Å². The Morgan fingerprint density at radius 2 is 2.15 bits per heavy atom. The van der Waals surface area contributed by atoms with Crippen molar-refractivity contribution in [2.24, 2.45) is 0 Å². The number of hydrogen-bond acceptors (Lipinski definition) is 3. The number of aromatic nitrogens is 1. The zero-order valence-electron chi connectivity index (χ0n) is 7.45. The molecule has 13 heavy (non-hydrogen) atoms. The second-order valence-electron chi connectivity index (χ2n) is 2.97. The van der Waals surface area contributed by atoms with Gasteiger partial charge in [-0.3, -0.25) is 0 Å². The lowest BCUT2D eigenvalue weighted by molar-refractivity contribution is 0.667. The van der Waals surface area contributed by atoms with E-state index in [2.05, 4.69) is 4.98 Å². The minimum absolute atomic E-state index is 0.213. The van der Waals surface area contributed by atoms with Crippen LogP contribution in [0.4, 0.5) is 0 Å². The zero-order chi connectivity index (χ0) is 10.1. The van der Waals surface area contributed by atoms with E-state index in [9.17, 15) is 4.21 Å². The molecule has 0 amide bonds. The molecule has 0 aromatic carbocycles. The number of nitrogens with one attached hydrogen (secondary N) is 1. The third kappa shape index (κ3) is 2.19. The highest BCUT2D eigenvalue weighted by Crippen LogP contribution is 2.16. The molecule has 1 heterocycles. The SMILES string of the molecule is CC(C)[S@@](=N)(=O)c1ccc(Cl)nc1. The highest BCUT2D eigenvalue weighted by atomic mass is 35.5. The Morgan fingerprint density at radius 3 is 2.54 bits per heavy atom. The van der Waals surface area contributed by atoms with Crippen molar-refractivity contribution in [1.29, 1.82) is 4.78 Å². The fourth-order valence-electron chi connectivity index (χ4n) is 0.814. The Kier molecular flexibility index (Phi) is 2.93. The Balaban J connectivity index is 3.17. The summed E-state index contributed by atoms with van der Waals surface area (Å²) in [6.45, 7) is 3.51. The molecule has 0 radical (unpaired) electrons. The number of halogens is 1. The van der Waals surface area contributed by atoms with Crippen molar-refractivity contribution < 1.29 is 4.21 Å². The first kappa shape index (κ1) is 10.5. The first-order valence-electron chi connectivity index (χ1n) is 3.84. The van der Waals surface area contributed by atoms with Crippen LogP contribution in [0.25, 0.3) is 0 Å². The summed E-state index contributed by atoms with van der Waals surface area (Å²) >= 11 is 5.58. The Morgan fingerprint density at radius 1 is 1.54 bits per heavy atom. The molecule has 0 aliphatic heterocycles. The maximum atomic E-state index is 11.8. The van der Waals surface area contributed by atoms with Gasteiger partial charge in [0.2, 0.25) is 0 Å². The van der Waals surface area contributed by atoms with Gasteiger partial charge in [-0.1, -0.05) is 11.6 Å². The average Bonchev–Trinajstić information content (AvgIpc) is 2.04. The largest absolute Gasteiger partial charge is 0.249 e. The first-order valence-corrected chi connectivity index (χ1v) is 5.83. The summed E-state index contributed by atoms with van der Waals surface area (Å²) < 4.78 is 19.4. The molecule has 0 saturated carbocycles. The fourth-order valence-corrected chi connectivity index (χ4v) is 1.95. The van der Waals surface area contributed by atoms with Crippen molar-refractivity contribution in [3.8, 4) is 0 Å². The van der Waals surface area contributed by atoms with Crippen molar-refractivity contribution in [3.63, 3.8) is 0 Å². The maximum Gasteiger partial charge on any atom is 0.129 e. The van der Waals surface area contributed by atoms with Gasteiger partial charge in [-0.05, 0) is 26.0 Å². The maximum absolute atomic E-state index is 11.8. The minimum Gasteiger partial charge on any atom is -0.249 e. The summed E-state index contributed by atoms with van der Waals surface area (Å²) in [7, 11) is -2.71. The minimum atomic E-state index is -2.71. The molecule has 1 aromatic rings. The lowest BCUT2D eigenvalue weighted by Crippen LogP contribution is -2.12. The molecule has 5 heteroatoms. The highest BCUT2D eigenvalue weighted by Gasteiger charge is 2.14. The predicted molar refractivity (Wildman–Crippen MR) is 53.5 cm³/mol. The van der Waals surface area contributed by atoms with Crippen molar-refractivity contribution in [2.45, 2.75) is 24.0 Å². The van der Waals surface area contributed by atoms with Gasteiger partial charge in [0.25, 0.3) is 0 Å². The summed E-state index contributed by atoms with van der Waals surface area (Å²) in [6, 6.07) is 3.14. The van der Waals surface area contributed by atoms with E-state index in [-0.39, 0.29) is 5.25 Å². The third-order valence-corrected chi connectivity index (χ3v) is 4.21. The Labute approximate surface area is 83.1 Å². The van der Waals surface area contributed by atoms with Crippen LogP contribution >= 0.6 is 11.6 Å². The Bertz CT molecular complexity index is 383. The van der Waals surface area contributed by atoms with Gasteiger partial charge in [0.15, 0.2) is 0 Å². The van der Waals surface area contributed by atoms with Crippen LogP contribution in [-0.2, 0) is 9.73 Å². The average molecular weight is 219 g/mol.